The third kappa shape index (κ3) is 2.96. The highest BCUT2D eigenvalue weighted by atomic mass is 15.2. The van der Waals surface area contributed by atoms with Crippen molar-refractivity contribution in [2.45, 2.75) is 38.3 Å². The van der Waals surface area contributed by atoms with Crippen LogP contribution >= 0.6 is 0 Å². The van der Waals surface area contributed by atoms with E-state index in [0.717, 1.165) is 18.0 Å². The Morgan fingerprint density at radius 1 is 0.840 bits per heavy atom. The zero-order valence-electron chi connectivity index (χ0n) is 14.6. The maximum Gasteiger partial charge on any atom is 0.0705 e. The largest absolute Gasteiger partial charge is 0.294 e. The number of hydrogen-bond donors (Lipinski definition) is 0. The summed E-state index contributed by atoms with van der Waals surface area (Å²) in [6.45, 7) is 2.20. The topological polar surface area (TPSA) is 16.1 Å². The first-order valence-electron chi connectivity index (χ1n) is 9.51. The molecule has 0 N–H and O–H groups in total. The quantitative estimate of drug-likeness (QED) is 0.683. The minimum Gasteiger partial charge on any atom is -0.294 e. The summed E-state index contributed by atoms with van der Waals surface area (Å²) in [5.41, 5.74) is 5.47. The molecule has 1 saturated heterocycles. The van der Waals surface area contributed by atoms with Crippen molar-refractivity contribution in [1.82, 2.24) is 9.88 Å². The van der Waals surface area contributed by atoms with Gasteiger partial charge in [0.25, 0.3) is 0 Å². The Morgan fingerprint density at radius 3 is 2.56 bits per heavy atom. The number of benzene rings is 2. The van der Waals surface area contributed by atoms with E-state index in [1.165, 1.54) is 43.3 Å². The summed E-state index contributed by atoms with van der Waals surface area (Å²) in [6, 6.07) is 22.6. The van der Waals surface area contributed by atoms with Crippen molar-refractivity contribution in [3.8, 4) is 0 Å². The van der Waals surface area contributed by atoms with Gasteiger partial charge in [-0.3, -0.25) is 9.88 Å². The predicted molar refractivity (Wildman–Crippen MR) is 103 cm³/mol. The fraction of sp³-hybridized carbons (Fsp3) is 0.348. The van der Waals surface area contributed by atoms with Crippen LogP contribution in [0.2, 0.25) is 0 Å². The molecular weight excluding hydrogens is 304 g/mol. The highest BCUT2D eigenvalue weighted by molar-refractivity contribution is 5.78. The van der Waals surface area contributed by atoms with Gasteiger partial charge in [-0.2, -0.15) is 0 Å². The number of pyridine rings is 1. The first-order valence-corrected chi connectivity index (χ1v) is 9.51. The number of para-hydroxylation sites is 1. The molecule has 2 bridgehead atoms. The molecule has 0 unspecified atom stereocenters. The summed E-state index contributed by atoms with van der Waals surface area (Å²) >= 11 is 0. The summed E-state index contributed by atoms with van der Waals surface area (Å²) in [4.78, 5) is 7.61. The average Bonchev–Trinajstić information content (AvgIpc) is 2.62. The standard InChI is InChI=1S/C23H24N2/c1-2-7-20-14-22-12-9-17(13-19(20)6-1)15-25(22)16-21-11-10-18-5-3-4-8-23(18)24-21/h1-8,10-11,17,22H,9,12-16H2/t17-,22-/m1/s1. The number of hydrogen-bond acceptors (Lipinski definition) is 2. The van der Waals surface area contributed by atoms with Crippen molar-refractivity contribution < 1.29 is 0 Å². The molecular formula is C23H24N2. The molecule has 2 aliphatic heterocycles. The van der Waals surface area contributed by atoms with Gasteiger partial charge in [0.15, 0.2) is 0 Å². The average molecular weight is 328 g/mol. The van der Waals surface area contributed by atoms with E-state index in [9.17, 15) is 0 Å². The molecule has 3 aromatic rings. The molecule has 3 aliphatic rings. The van der Waals surface area contributed by atoms with Gasteiger partial charge in [-0.05, 0) is 54.9 Å². The Bertz CT molecular complexity index is 901. The summed E-state index contributed by atoms with van der Waals surface area (Å²) in [5.74, 6) is 0.790. The van der Waals surface area contributed by atoms with Crippen LogP contribution in [0.5, 0.6) is 0 Å². The number of rotatable bonds is 2. The summed E-state index contributed by atoms with van der Waals surface area (Å²) in [5, 5.41) is 1.23. The van der Waals surface area contributed by atoms with Gasteiger partial charge in [-0.1, -0.05) is 48.5 Å². The summed E-state index contributed by atoms with van der Waals surface area (Å²) < 4.78 is 0. The fourth-order valence-electron chi connectivity index (χ4n) is 4.70. The lowest BCUT2D eigenvalue weighted by Crippen LogP contribution is -2.46. The normalized spacial score (nSPS) is 23.2. The maximum absolute atomic E-state index is 4.91. The molecule has 2 aromatic carbocycles. The van der Waals surface area contributed by atoms with E-state index in [1.54, 1.807) is 11.1 Å². The number of nitrogens with zero attached hydrogens (tertiary/aromatic N) is 2. The molecule has 6 rings (SSSR count). The van der Waals surface area contributed by atoms with Crippen LogP contribution in [0.15, 0.2) is 60.7 Å². The van der Waals surface area contributed by atoms with Crippen LogP contribution in [-0.4, -0.2) is 22.5 Å². The lowest BCUT2D eigenvalue weighted by Gasteiger charge is -2.42. The van der Waals surface area contributed by atoms with Crippen LogP contribution in [0, 0.1) is 5.92 Å². The first kappa shape index (κ1) is 15.1. The van der Waals surface area contributed by atoms with E-state index in [-0.39, 0.29) is 0 Å². The first-order chi connectivity index (χ1) is 12.3. The lowest BCUT2D eigenvalue weighted by atomic mass is 9.80. The molecule has 1 aromatic heterocycles. The van der Waals surface area contributed by atoms with Crippen molar-refractivity contribution in [3.63, 3.8) is 0 Å². The van der Waals surface area contributed by atoms with E-state index in [2.05, 4.69) is 65.6 Å². The summed E-state index contributed by atoms with van der Waals surface area (Å²) in [6.07, 6.45) is 5.13. The second-order valence-corrected chi connectivity index (χ2v) is 7.70. The highest BCUT2D eigenvalue weighted by Crippen LogP contribution is 2.33. The van der Waals surface area contributed by atoms with Crippen LogP contribution in [0.25, 0.3) is 10.9 Å². The van der Waals surface area contributed by atoms with Gasteiger partial charge in [-0.25, -0.2) is 0 Å². The van der Waals surface area contributed by atoms with Crippen molar-refractivity contribution in [1.29, 1.82) is 0 Å². The van der Waals surface area contributed by atoms with Gasteiger partial charge in [0.05, 0.1) is 11.2 Å². The monoisotopic (exact) mass is 328 g/mol. The highest BCUT2D eigenvalue weighted by Gasteiger charge is 2.31. The molecule has 2 atom stereocenters. The molecule has 2 nitrogen and oxygen atoms in total. The van der Waals surface area contributed by atoms with Gasteiger partial charge in [0.2, 0.25) is 0 Å². The number of fused-ring (bicyclic) bond motifs is 3. The van der Waals surface area contributed by atoms with Gasteiger partial charge in [0, 0.05) is 24.5 Å². The van der Waals surface area contributed by atoms with E-state index in [4.69, 9.17) is 4.98 Å². The second kappa shape index (κ2) is 6.27. The van der Waals surface area contributed by atoms with Crippen molar-refractivity contribution in [2.75, 3.05) is 6.54 Å². The molecule has 1 fully saturated rings. The Morgan fingerprint density at radius 2 is 1.64 bits per heavy atom. The number of piperidine rings is 1. The minimum absolute atomic E-state index is 0.658. The van der Waals surface area contributed by atoms with Crippen LogP contribution in [-0.2, 0) is 19.4 Å². The molecule has 3 heterocycles. The van der Waals surface area contributed by atoms with Crippen LogP contribution in [0.4, 0.5) is 0 Å². The van der Waals surface area contributed by atoms with Crippen molar-refractivity contribution >= 4 is 10.9 Å². The SMILES string of the molecule is c1ccc2c(c1)C[C@H]1CC[C@H](C2)N(Cc2ccc3ccccc3n2)C1. The Hall–Kier alpha value is -2.19. The molecule has 0 radical (unpaired) electrons. The zero-order valence-corrected chi connectivity index (χ0v) is 14.6. The molecule has 0 amide bonds. The van der Waals surface area contributed by atoms with E-state index in [0.29, 0.717) is 6.04 Å². The molecule has 126 valence electrons. The zero-order chi connectivity index (χ0) is 16.6. The Kier molecular flexibility index (Phi) is 3.79. The summed E-state index contributed by atoms with van der Waals surface area (Å²) in [7, 11) is 0. The lowest BCUT2D eigenvalue weighted by molar-refractivity contribution is 0.0926. The Balaban J connectivity index is 1.42. The molecule has 0 saturated carbocycles. The second-order valence-electron chi connectivity index (χ2n) is 7.70. The fourth-order valence-corrected chi connectivity index (χ4v) is 4.70. The molecule has 1 aliphatic carbocycles. The van der Waals surface area contributed by atoms with Gasteiger partial charge < -0.3 is 0 Å². The smallest absolute Gasteiger partial charge is 0.0705 e. The Labute approximate surface area is 149 Å². The molecule has 0 spiro atoms. The molecule has 2 heteroatoms. The number of aromatic nitrogens is 1. The van der Waals surface area contributed by atoms with Gasteiger partial charge in [-0.15, -0.1) is 0 Å². The third-order valence-electron chi connectivity index (χ3n) is 6.02. The van der Waals surface area contributed by atoms with Crippen LogP contribution < -0.4 is 0 Å². The maximum atomic E-state index is 4.91. The van der Waals surface area contributed by atoms with Crippen LogP contribution in [0.3, 0.4) is 0 Å². The van der Waals surface area contributed by atoms with Crippen molar-refractivity contribution in [2.24, 2.45) is 5.92 Å². The molecule has 25 heavy (non-hydrogen) atoms. The van der Waals surface area contributed by atoms with Crippen molar-refractivity contribution in [3.05, 3.63) is 77.5 Å². The predicted octanol–water partition coefficient (Wildman–Crippen LogP) is 4.61. The van der Waals surface area contributed by atoms with Crippen LogP contribution in [0.1, 0.15) is 29.7 Å². The van der Waals surface area contributed by atoms with Gasteiger partial charge in [0.1, 0.15) is 0 Å². The van der Waals surface area contributed by atoms with E-state index in [1.807, 2.05) is 0 Å². The van der Waals surface area contributed by atoms with E-state index >= 15 is 0 Å². The third-order valence-corrected chi connectivity index (χ3v) is 6.02. The minimum atomic E-state index is 0.658. The van der Waals surface area contributed by atoms with Gasteiger partial charge >= 0.3 is 0 Å². The van der Waals surface area contributed by atoms with E-state index < -0.39 is 0 Å².